The summed E-state index contributed by atoms with van der Waals surface area (Å²) < 4.78 is 13.4. The number of aromatic nitrogens is 2. The molecule has 1 aliphatic heterocycles. The Bertz CT molecular complexity index is 728. The average Bonchev–Trinajstić information content (AvgIpc) is 2.54. The summed E-state index contributed by atoms with van der Waals surface area (Å²) in [5, 5.41) is 9.08. The van der Waals surface area contributed by atoms with Gasteiger partial charge in [-0.3, -0.25) is 4.79 Å². The molecule has 120 valence electrons. The van der Waals surface area contributed by atoms with Crippen molar-refractivity contribution in [1.82, 2.24) is 9.97 Å². The predicted octanol–water partition coefficient (Wildman–Crippen LogP) is 2.89. The highest BCUT2D eigenvalue weighted by molar-refractivity contribution is 5.70. The molecule has 0 spiro atoms. The fraction of sp³-hybridized carbons (Fsp3) is 0.353. The number of hydrogen-bond acceptors (Lipinski definition) is 4. The molecule has 1 aliphatic rings. The van der Waals surface area contributed by atoms with Crippen LogP contribution in [0.25, 0.3) is 11.4 Å². The first kappa shape index (κ1) is 15.4. The highest BCUT2D eigenvalue weighted by Crippen LogP contribution is 2.25. The molecule has 0 bridgehead atoms. The monoisotopic (exact) mass is 315 g/mol. The minimum atomic E-state index is -0.732. The lowest BCUT2D eigenvalue weighted by molar-refractivity contribution is -0.142. The molecule has 0 saturated carbocycles. The maximum atomic E-state index is 13.4. The summed E-state index contributed by atoms with van der Waals surface area (Å²) in [7, 11) is 0. The number of aryl methyl sites for hydroxylation is 1. The van der Waals surface area contributed by atoms with Crippen molar-refractivity contribution in [3.63, 3.8) is 0 Å². The first-order valence-electron chi connectivity index (χ1n) is 7.62. The molecule has 0 radical (unpaired) electrons. The van der Waals surface area contributed by atoms with Gasteiger partial charge in [0.05, 0.1) is 5.92 Å². The number of hydrogen-bond donors (Lipinski definition) is 1. The van der Waals surface area contributed by atoms with Crippen molar-refractivity contribution in [1.29, 1.82) is 0 Å². The molecule has 0 amide bonds. The summed E-state index contributed by atoms with van der Waals surface area (Å²) in [6, 6.07) is 8.09. The van der Waals surface area contributed by atoms with Crippen LogP contribution in [0.5, 0.6) is 0 Å². The van der Waals surface area contributed by atoms with Crippen molar-refractivity contribution < 1.29 is 14.3 Å². The summed E-state index contributed by atoms with van der Waals surface area (Å²) in [5.74, 6) is -0.0854. The molecule has 2 heterocycles. The first-order valence-corrected chi connectivity index (χ1v) is 7.62. The van der Waals surface area contributed by atoms with Gasteiger partial charge < -0.3 is 10.0 Å². The molecular weight excluding hydrogens is 297 g/mol. The van der Waals surface area contributed by atoms with Gasteiger partial charge in [0.1, 0.15) is 11.6 Å². The van der Waals surface area contributed by atoms with Crippen molar-refractivity contribution in [3.8, 4) is 11.4 Å². The van der Waals surface area contributed by atoms with Gasteiger partial charge in [0, 0.05) is 30.4 Å². The maximum absolute atomic E-state index is 13.4. The lowest BCUT2D eigenvalue weighted by Gasteiger charge is -2.31. The number of piperidine rings is 1. The second kappa shape index (κ2) is 6.32. The Kier molecular flexibility index (Phi) is 4.23. The van der Waals surface area contributed by atoms with Crippen molar-refractivity contribution in [3.05, 3.63) is 41.8 Å². The predicted molar refractivity (Wildman–Crippen MR) is 84.7 cm³/mol. The minimum absolute atomic E-state index is 0.281. The summed E-state index contributed by atoms with van der Waals surface area (Å²) in [6.45, 7) is 3.17. The van der Waals surface area contributed by atoms with Crippen LogP contribution in [0.4, 0.5) is 10.2 Å². The van der Waals surface area contributed by atoms with Gasteiger partial charge in [0.2, 0.25) is 0 Å². The third-order valence-electron chi connectivity index (χ3n) is 4.09. The molecule has 2 aromatic rings. The Balaban J connectivity index is 1.85. The zero-order valence-corrected chi connectivity index (χ0v) is 12.9. The minimum Gasteiger partial charge on any atom is -0.481 e. The van der Waals surface area contributed by atoms with Crippen molar-refractivity contribution >= 4 is 11.8 Å². The van der Waals surface area contributed by atoms with Gasteiger partial charge in [-0.2, -0.15) is 0 Å². The number of carboxylic acid groups (broad SMARTS) is 1. The lowest BCUT2D eigenvalue weighted by Crippen LogP contribution is -2.36. The molecule has 0 unspecified atom stereocenters. The van der Waals surface area contributed by atoms with Crippen LogP contribution < -0.4 is 4.90 Å². The van der Waals surface area contributed by atoms with E-state index in [4.69, 9.17) is 5.11 Å². The maximum Gasteiger partial charge on any atom is 0.306 e. The van der Waals surface area contributed by atoms with Gasteiger partial charge in [-0.1, -0.05) is 12.1 Å². The molecule has 1 saturated heterocycles. The molecule has 6 heteroatoms. The van der Waals surface area contributed by atoms with E-state index < -0.39 is 5.97 Å². The second-order valence-electron chi connectivity index (χ2n) is 5.80. The number of nitrogens with zero attached hydrogens (tertiary/aromatic N) is 3. The van der Waals surface area contributed by atoms with E-state index in [0.29, 0.717) is 37.3 Å². The largest absolute Gasteiger partial charge is 0.481 e. The van der Waals surface area contributed by atoms with Crippen LogP contribution in [-0.2, 0) is 4.79 Å². The zero-order valence-electron chi connectivity index (χ0n) is 12.9. The van der Waals surface area contributed by atoms with Gasteiger partial charge in [-0.25, -0.2) is 14.4 Å². The molecule has 1 N–H and O–H groups in total. The van der Waals surface area contributed by atoms with Crippen molar-refractivity contribution in [2.45, 2.75) is 19.8 Å². The lowest BCUT2D eigenvalue weighted by atomic mass is 9.97. The van der Waals surface area contributed by atoms with Crippen LogP contribution in [-0.4, -0.2) is 34.1 Å². The van der Waals surface area contributed by atoms with E-state index in [2.05, 4.69) is 14.9 Å². The summed E-state index contributed by atoms with van der Waals surface area (Å²) in [5.41, 5.74) is 1.44. The van der Waals surface area contributed by atoms with E-state index in [9.17, 15) is 9.18 Å². The van der Waals surface area contributed by atoms with Crippen LogP contribution >= 0.6 is 0 Å². The molecule has 5 nitrogen and oxygen atoms in total. The quantitative estimate of drug-likeness (QED) is 0.943. The highest BCUT2D eigenvalue weighted by Gasteiger charge is 2.25. The molecular formula is C17H18FN3O2. The number of rotatable bonds is 3. The number of aliphatic carboxylic acids is 1. The van der Waals surface area contributed by atoms with E-state index in [1.807, 2.05) is 13.0 Å². The van der Waals surface area contributed by atoms with Gasteiger partial charge in [0.15, 0.2) is 5.82 Å². The Morgan fingerprint density at radius 3 is 2.65 bits per heavy atom. The molecule has 0 aliphatic carbocycles. The van der Waals surface area contributed by atoms with Gasteiger partial charge in [-0.15, -0.1) is 0 Å². The number of carboxylic acids is 1. The fourth-order valence-corrected chi connectivity index (χ4v) is 2.83. The summed E-state index contributed by atoms with van der Waals surface area (Å²) in [4.78, 5) is 22.0. The number of anilines is 1. The third-order valence-corrected chi connectivity index (χ3v) is 4.09. The second-order valence-corrected chi connectivity index (χ2v) is 5.80. The Labute approximate surface area is 133 Å². The van der Waals surface area contributed by atoms with Crippen molar-refractivity contribution in [2.75, 3.05) is 18.0 Å². The van der Waals surface area contributed by atoms with Crippen LogP contribution in [0, 0.1) is 18.7 Å². The van der Waals surface area contributed by atoms with E-state index in [-0.39, 0.29) is 11.7 Å². The number of carbonyl (C=O) groups is 1. The van der Waals surface area contributed by atoms with E-state index in [0.717, 1.165) is 11.5 Å². The smallest absolute Gasteiger partial charge is 0.306 e. The van der Waals surface area contributed by atoms with Crippen LogP contribution in [0.15, 0.2) is 30.3 Å². The van der Waals surface area contributed by atoms with Gasteiger partial charge in [0.25, 0.3) is 0 Å². The first-order chi connectivity index (χ1) is 11.0. The van der Waals surface area contributed by atoms with Gasteiger partial charge in [-0.05, 0) is 31.9 Å². The highest BCUT2D eigenvalue weighted by atomic mass is 19.1. The topological polar surface area (TPSA) is 66.3 Å². The third kappa shape index (κ3) is 3.47. The Morgan fingerprint density at radius 1 is 1.26 bits per heavy atom. The van der Waals surface area contributed by atoms with Gasteiger partial charge >= 0.3 is 5.97 Å². The number of benzene rings is 1. The molecule has 23 heavy (non-hydrogen) atoms. The molecule has 1 aromatic heterocycles. The Hall–Kier alpha value is -2.50. The summed E-state index contributed by atoms with van der Waals surface area (Å²) in [6.07, 6.45) is 1.21. The standard InChI is InChI=1S/C17H18FN3O2/c1-11-9-15(21-7-5-12(6-8-21)17(22)23)20-16(19-11)13-3-2-4-14(18)10-13/h2-4,9-10,12H,5-8H2,1H3,(H,22,23). The SMILES string of the molecule is Cc1cc(N2CCC(C(=O)O)CC2)nc(-c2cccc(F)c2)n1. The fourth-order valence-electron chi connectivity index (χ4n) is 2.83. The summed E-state index contributed by atoms with van der Waals surface area (Å²) >= 11 is 0. The van der Waals surface area contributed by atoms with E-state index in [1.54, 1.807) is 12.1 Å². The molecule has 1 fully saturated rings. The number of halogens is 1. The molecule has 3 rings (SSSR count). The van der Waals surface area contributed by atoms with E-state index >= 15 is 0 Å². The average molecular weight is 315 g/mol. The van der Waals surface area contributed by atoms with Crippen molar-refractivity contribution in [2.24, 2.45) is 5.92 Å². The normalized spacial score (nSPS) is 15.7. The van der Waals surface area contributed by atoms with Crippen LogP contribution in [0.1, 0.15) is 18.5 Å². The zero-order chi connectivity index (χ0) is 16.4. The Morgan fingerprint density at radius 2 is 2.00 bits per heavy atom. The molecule has 1 aromatic carbocycles. The van der Waals surface area contributed by atoms with Crippen LogP contribution in [0.2, 0.25) is 0 Å². The van der Waals surface area contributed by atoms with E-state index in [1.165, 1.54) is 12.1 Å². The molecule has 0 atom stereocenters. The van der Waals surface area contributed by atoms with Crippen LogP contribution in [0.3, 0.4) is 0 Å².